The highest BCUT2D eigenvalue weighted by Gasteiger charge is 2.17. The maximum atomic E-state index is 12.6. The summed E-state index contributed by atoms with van der Waals surface area (Å²) in [5.41, 5.74) is 7.19. The minimum Gasteiger partial charge on any atom is -0.472 e. The van der Waals surface area contributed by atoms with Crippen molar-refractivity contribution >= 4 is 33.8 Å². The van der Waals surface area contributed by atoms with Crippen LogP contribution in [0.3, 0.4) is 0 Å². The molecule has 6 heterocycles. The van der Waals surface area contributed by atoms with Gasteiger partial charge < -0.3 is 14.7 Å². The lowest BCUT2D eigenvalue weighted by Crippen LogP contribution is -2.11. The Bertz CT molecular complexity index is 1920. The Hall–Kier alpha value is -5.64. The van der Waals surface area contributed by atoms with Crippen molar-refractivity contribution in [1.82, 2.24) is 35.1 Å². The van der Waals surface area contributed by atoms with Gasteiger partial charge in [-0.25, -0.2) is 15.0 Å². The summed E-state index contributed by atoms with van der Waals surface area (Å²) >= 11 is 0. The zero-order chi connectivity index (χ0) is 25.5. The molecule has 0 radical (unpaired) electrons. The van der Waals surface area contributed by atoms with Crippen LogP contribution in [0.15, 0.2) is 96.3 Å². The third kappa shape index (κ3) is 3.77. The van der Waals surface area contributed by atoms with Gasteiger partial charge in [0.2, 0.25) is 0 Å². The number of nitrogens with one attached hydrogen (secondary N) is 3. The summed E-state index contributed by atoms with van der Waals surface area (Å²) in [5, 5.41) is 11.1. The van der Waals surface area contributed by atoms with Gasteiger partial charge in [0.1, 0.15) is 11.2 Å². The van der Waals surface area contributed by atoms with Crippen molar-refractivity contribution < 1.29 is 9.21 Å². The second-order valence-corrected chi connectivity index (χ2v) is 8.63. The number of hydrogen-bond acceptors (Lipinski definition) is 7. The summed E-state index contributed by atoms with van der Waals surface area (Å²) in [7, 11) is 0. The van der Waals surface area contributed by atoms with E-state index in [1.165, 1.54) is 0 Å². The van der Waals surface area contributed by atoms with Crippen LogP contribution in [0.1, 0.15) is 10.4 Å². The molecule has 3 N–H and O–H groups in total. The van der Waals surface area contributed by atoms with Crippen LogP contribution in [0.25, 0.3) is 56.0 Å². The van der Waals surface area contributed by atoms with E-state index in [-0.39, 0.29) is 5.91 Å². The molecule has 0 bridgehead atoms. The van der Waals surface area contributed by atoms with Crippen LogP contribution in [0, 0.1) is 0 Å². The molecule has 10 heteroatoms. The number of carbonyl (C=O) groups is 1. The number of H-pyrrole nitrogens is 2. The van der Waals surface area contributed by atoms with Crippen LogP contribution >= 0.6 is 0 Å². The predicted molar refractivity (Wildman–Crippen MR) is 142 cm³/mol. The van der Waals surface area contributed by atoms with Gasteiger partial charge >= 0.3 is 0 Å². The van der Waals surface area contributed by atoms with Crippen LogP contribution < -0.4 is 5.32 Å². The predicted octanol–water partition coefficient (Wildman–Crippen LogP) is 5.47. The van der Waals surface area contributed by atoms with Crippen LogP contribution in [0.2, 0.25) is 0 Å². The highest BCUT2D eigenvalue weighted by Crippen LogP contribution is 2.32. The minimum absolute atomic E-state index is 0.205. The summed E-state index contributed by atoms with van der Waals surface area (Å²) in [4.78, 5) is 34.0. The van der Waals surface area contributed by atoms with Gasteiger partial charge in [0.25, 0.3) is 5.91 Å². The molecule has 10 nitrogen and oxygen atoms in total. The second-order valence-electron chi connectivity index (χ2n) is 8.63. The molecule has 0 aliphatic carbocycles. The Balaban J connectivity index is 1.25. The molecule has 0 saturated heterocycles. The lowest BCUT2D eigenvalue weighted by Gasteiger charge is -2.07. The Labute approximate surface area is 214 Å². The molecule has 182 valence electrons. The number of fused-ring (bicyclic) bond motifs is 2. The Morgan fingerprint density at radius 1 is 0.895 bits per heavy atom. The van der Waals surface area contributed by atoms with E-state index in [1.54, 1.807) is 49.4 Å². The SMILES string of the molecule is O=C(Nc1cncc(-c2cnc3[nH]nc(-c4nc5c(-c6ccoc6)ccnc5[nH]4)c3c2)c1)c1ccccc1. The molecule has 7 rings (SSSR count). The number of rotatable bonds is 5. The lowest BCUT2D eigenvalue weighted by molar-refractivity contribution is 0.102. The Morgan fingerprint density at radius 3 is 2.66 bits per heavy atom. The van der Waals surface area contributed by atoms with Gasteiger partial charge in [0.15, 0.2) is 17.1 Å². The minimum atomic E-state index is -0.205. The topological polar surface area (TPSA) is 138 Å². The smallest absolute Gasteiger partial charge is 0.255 e. The second kappa shape index (κ2) is 8.79. The molecular weight excluding hydrogens is 480 g/mol. The van der Waals surface area contributed by atoms with E-state index >= 15 is 0 Å². The molecule has 0 unspecified atom stereocenters. The summed E-state index contributed by atoms with van der Waals surface area (Å²) < 4.78 is 5.25. The Kier molecular flexibility index (Phi) is 5.00. The van der Waals surface area contributed by atoms with E-state index in [0.717, 1.165) is 33.2 Å². The Morgan fingerprint density at radius 2 is 1.79 bits per heavy atom. The number of aromatic nitrogens is 7. The average molecular weight is 499 g/mol. The fraction of sp³-hybridized carbons (Fsp3) is 0. The summed E-state index contributed by atoms with van der Waals surface area (Å²) in [6.07, 6.45) is 10.1. The highest BCUT2D eigenvalue weighted by molar-refractivity contribution is 6.04. The van der Waals surface area contributed by atoms with Gasteiger partial charge in [-0.1, -0.05) is 18.2 Å². The first-order valence-corrected chi connectivity index (χ1v) is 11.8. The van der Waals surface area contributed by atoms with Gasteiger partial charge in [-0.15, -0.1) is 0 Å². The molecule has 1 amide bonds. The first kappa shape index (κ1) is 21.6. The van der Waals surface area contributed by atoms with Gasteiger partial charge in [-0.2, -0.15) is 5.10 Å². The molecule has 0 saturated carbocycles. The van der Waals surface area contributed by atoms with Crippen LogP contribution in [-0.2, 0) is 0 Å². The molecule has 38 heavy (non-hydrogen) atoms. The molecule has 0 spiro atoms. The van der Waals surface area contributed by atoms with E-state index in [1.807, 2.05) is 42.5 Å². The maximum Gasteiger partial charge on any atom is 0.255 e. The van der Waals surface area contributed by atoms with Crippen molar-refractivity contribution in [2.24, 2.45) is 0 Å². The number of imidazole rings is 1. The number of amides is 1. The number of carbonyl (C=O) groups excluding carboxylic acids is 1. The van der Waals surface area contributed by atoms with Crippen LogP contribution in [0.5, 0.6) is 0 Å². The first-order valence-electron chi connectivity index (χ1n) is 11.8. The molecule has 0 fully saturated rings. The van der Waals surface area contributed by atoms with Gasteiger partial charge in [0.05, 0.1) is 29.8 Å². The number of hydrogen-bond donors (Lipinski definition) is 3. The van der Waals surface area contributed by atoms with Gasteiger partial charge in [-0.05, 0) is 36.4 Å². The van der Waals surface area contributed by atoms with Crippen molar-refractivity contribution in [3.8, 4) is 33.8 Å². The molecule has 0 aliphatic heterocycles. The number of benzene rings is 1. The van der Waals surface area contributed by atoms with E-state index in [9.17, 15) is 4.79 Å². The fourth-order valence-corrected chi connectivity index (χ4v) is 4.37. The summed E-state index contributed by atoms with van der Waals surface area (Å²) in [6, 6.07) is 16.6. The lowest BCUT2D eigenvalue weighted by atomic mass is 10.1. The van der Waals surface area contributed by atoms with Crippen LogP contribution in [0.4, 0.5) is 5.69 Å². The highest BCUT2D eigenvalue weighted by atomic mass is 16.3. The maximum absolute atomic E-state index is 12.6. The third-order valence-electron chi connectivity index (χ3n) is 6.22. The van der Waals surface area contributed by atoms with E-state index < -0.39 is 0 Å². The number of aromatic amines is 2. The van der Waals surface area contributed by atoms with Crippen molar-refractivity contribution in [3.05, 3.63) is 97.5 Å². The number of nitrogens with zero attached hydrogens (tertiary/aromatic N) is 5. The van der Waals surface area contributed by atoms with Crippen molar-refractivity contribution in [3.63, 3.8) is 0 Å². The molecule has 0 aliphatic rings. The van der Waals surface area contributed by atoms with Crippen molar-refractivity contribution in [2.45, 2.75) is 0 Å². The average Bonchev–Trinajstić information content (AvgIpc) is 3.73. The number of anilines is 1. The van der Waals surface area contributed by atoms with Crippen LogP contribution in [-0.4, -0.2) is 41.0 Å². The molecular formula is C28H18N8O2. The quantitative estimate of drug-likeness (QED) is 0.286. The van der Waals surface area contributed by atoms with Gasteiger partial charge in [0, 0.05) is 46.4 Å². The van der Waals surface area contributed by atoms with Crippen molar-refractivity contribution in [1.29, 1.82) is 0 Å². The van der Waals surface area contributed by atoms with E-state index in [4.69, 9.17) is 9.40 Å². The largest absolute Gasteiger partial charge is 0.472 e. The summed E-state index contributed by atoms with van der Waals surface area (Å²) in [6.45, 7) is 0. The number of furan rings is 1. The third-order valence-corrected chi connectivity index (χ3v) is 6.22. The van der Waals surface area contributed by atoms with E-state index in [0.29, 0.717) is 34.1 Å². The fourth-order valence-electron chi connectivity index (χ4n) is 4.37. The number of pyridine rings is 3. The summed E-state index contributed by atoms with van der Waals surface area (Å²) in [5.74, 6) is 0.360. The normalized spacial score (nSPS) is 11.3. The van der Waals surface area contributed by atoms with Crippen molar-refractivity contribution in [2.75, 3.05) is 5.32 Å². The zero-order valence-electron chi connectivity index (χ0n) is 19.7. The standard InChI is InChI=1S/C28H18N8O2/c37-28(16-4-2-1-3-5-16)32-20-10-18(12-29-14-20)19-11-22-24(35-36-25(22)31-13-19)27-33-23-21(17-7-9-38-15-17)6-8-30-26(23)34-27/h1-15H,(H,32,37)(H,30,33,34)(H,31,35,36). The molecule has 0 atom stereocenters. The molecule has 6 aromatic heterocycles. The molecule has 1 aromatic carbocycles. The monoisotopic (exact) mass is 498 g/mol. The van der Waals surface area contributed by atoms with Gasteiger partial charge in [-0.3, -0.25) is 14.9 Å². The molecule has 7 aromatic rings. The van der Waals surface area contributed by atoms with E-state index in [2.05, 4.69) is 35.5 Å². The first-order chi connectivity index (χ1) is 18.7. The zero-order valence-corrected chi connectivity index (χ0v) is 19.7.